The van der Waals surface area contributed by atoms with Gasteiger partial charge in [0.25, 0.3) is 0 Å². The quantitative estimate of drug-likeness (QED) is 0.420. The molecule has 0 spiro atoms. The fraction of sp³-hybridized carbons (Fsp3) is 0.455. The first-order valence-corrected chi connectivity index (χ1v) is 9.30. The van der Waals surface area contributed by atoms with Crippen LogP contribution < -0.4 is 9.47 Å². The normalized spacial score (nSPS) is 13.3. The Labute approximate surface area is 171 Å². The van der Waals surface area contributed by atoms with Crippen LogP contribution in [0.15, 0.2) is 48.5 Å². The summed E-state index contributed by atoms with van der Waals surface area (Å²) in [4.78, 5) is 0. The third-order valence-corrected chi connectivity index (χ3v) is 5.09. The molecular formula is C22H24F6O2. The van der Waals surface area contributed by atoms with Gasteiger partial charge in [0.2, 0.25) is 0 Å². The van der Waals surface area contributed by atoms with Gasteiger partial charge in [-0.05, 0) is 59.1 Å². The van der Waals surface area contributed by atoms with Crippen LogP contribution in [-0.2, 0) is 10.8 Å². The Kier molecular flexibility index (Phi) is 6.69. The number of benzene rings is 2. The van der Waals surface area contributed by atoms with Crippen molar-refractivity contribution < 1.29 is 35.8 Å². The second kappa shape index (κ2) is 8.40. The van der Waals surface area contributed by atoms with Crippen LogP contribution in [-0.4, -0.2) is 12.7 Å². The number of hydrogen-bond acceptors (Lipinski definition) is 2. The summed E-state index contributed by atoms with van der Waals surface area (Å²) in [6.07, 6.45) is -8.21. The fourth-order valence-corrected chi connectivity index (χ4v) is 3.14. The highest BCUT2D eigenvalue weighted by atomic mass is 19.4. The molecule has 0 heterocycles. The molecule has 0 saturated carbocycles. The van der Waals surface area contributed by atoms with Crippen LogP contribution >= 0.6 is 0 Å². The van der Waals surface area contributed by atoms with Gasteiger partial charge in [-0.25, -0.2) is 0 Å². The summed E-state index contributed by atoms with van der Waals surface area (Å²) >= 11 is 0. The van der Waals surface area contributed by atoms with E-state index >= 15 is 0 Å². The molecule has 2 nitrogen and oxygen atoms in total. The molecule has 0 saturated heterocycles. The minimum atomic E-state index is -4.76. The molecule has 0 unspecified atom stereocenters. The van der Waals surface area contributed by atoms with Crippen LogP contribution in [0.2, 0.25) is 0 Å². The molecule has 0 fully saturated rings. The number of rotatable bonds is 7. The lowest BCUT2D eigenvalue weighted by Gasteiger charge is -2.32. The van der Waals surface area contributed by atoms with Crippen molar-refractivity contribution in [2.24, 2.45) is 0 Å². The molecule has 30 heavy (non-hydrogen) atoms. The molecule has 0 radical (unpaired) electrons. The summed E-state index contributed by atoms with van der Waals surface area (Å²) in [5.41, 5.74) is 0.728. The molecule has 2 aromatic carbocycles. The van der Waals surface area contributed by atoms with Gasteiger partial charge in [0, 0.05) is 0 Å². The largest absolute Gasteiger partial charge is 0.573 e. The average molecular weight is 434 g/mol. The number of halogens is 6. The van der Waals surface area contributed by atoms with Crippen LogP contribution in [0.1, 0.15) is 51.7 Å². The Bertz CT molecular complexity index is 836. The lowest BCUT2D eigenvalue weighted by atomic mass is 9.73. The molecule has 0 aliphatic rings. The second-order valence-corrected chi connectivity index (χ2v) is 8.42. The van der Waals surface area contributed by atoms with Gasteiger partial charge in [-0.3, -0.25) is 0 Å². The van der Waals surface area contributed by atoms with E-state index in [0.29, 0.717) is 18.4 Å². The highest BCUT2D eigenvalue weighted by Gasteiger charge is 2.33. The van der Waals surface area contributed by atoms with Crippen molar-refractivity contribution in [1.29, 1.82) is 0 Å². The third kappa shape index (κ3) is 7.15. The van der Waals surface area contributed by atoms with Gasteiger partial charge in [0.1, 0.15) is 11.5 Å². The number of alkyl halides is 6. The van der Waals surface area contributed by atoms with Crippen molar-refractivity contribution in [1.82, 2.24) is 0 Å². The zero-order chi connectivity index (χ0) is 22.8. The van der Waals surface area contributed by atoms with Gasteiger partial charge in [0.15, 0.2) is 0 Å². The first-order valence-electron chi connectivity index (χ1n) is 9.30. The third-order valence-electron chi connectivity index (χ3n) is 5.09. The Morgan fingerprint density at radius 1 is 0.600 bits per heavy atom. The summed E-state index contributed by atoms with van der Waals surface area (Å²) in [6.45, 7) is 7.78. The van der Waals surface area contributed by atoms with E-state index < -0.39 is 18.1 Å². The summed E-state index contributed by atoms with van der Waals surface area (Å²) in [5, 5.41) is 0. The summed E-state index contributed by atoms with van der Waals surface area (Å²) in [7, 11) is 0. The van der Waals surface area contributed by atoms with E-state index in [0.717, 1.165) is 5.56 Å². The Morgan fingerprint density at radius 2 is 1.07 bits per heavy atom. The zero-order valence-corrected chi connectivity index (χ0v) is 17.1. The van der Waals surface area contributed by atoms with Crippen molar-refractivity contribution in [3.63, 3.8) is 0 Å². The maximum absolute atomic E-state index is 12.5. The maximum Gasteiger partial charge on any atom is 0.573 e. The molecular weight excluding hydrogens is 410 g/mol. The Morgan fingerprint density at radius 3 is 1.57 bits per heavy atom. The molecule has 2 rings (SSSR count). The highest BCUT2D eigenvalue weighted by Crippen LogP contribution is 2.38. The van der Waals surface area contributed by atoms with Gasteiger partial charge in [0.05, 0.1) is 0 Å². The topological polar surface area (TPSA) is 18.5 Å². The van der Waals surface area contributed by atoms with E-state index in [2.05, 4.69) is 9.47 Å². The van der Waals surface area contributed by atoms with Crippen molar-refractivity contribution in [2.45, 2.75) is 64.1 Å². The lowest BCUT2D eigenvalue weighted by Crippen LogP contribution is -2.25. The Balaban J connectivity index is 2.09. The van der Waals surface area contributed by atoms with E-state index in [-0.39, 0.29) is 16.9 Å². The molecule has 0 aliphatic carbocycles. The predicted octanol–water partition coefficient (Wildman–Crippen LogP) is 7.52. The molecule has 0 N–H and O–H groups in total. The molecule has 0 amide bonds. The van der Waals surface area contributed by atoms with E-state index in [9.17, 15) is 26.3 Å². The molecule has 0 atom stereocenters. The molecule has 0 bridgehead atoms. The van der Waals surface area contributed by atoms with Crippen molar-refractivity contribution in [3.8, 4) is 11.5 Å². The van der Waals surface area contributed by atoms with Crippen LogP contribution in [0.3, 0.4) is 0 Å². The van der Waals surface area contributed by atoms with Crippen LogP contribution in [0.25, 0.3) is 0 Å². The molecule has 0 aromatic heterocycles. The summed E-state index contributed by atoms with van der Waals surface area (Å²) in [5.74, 6) is -0.559. The summed E-state index contributed by atoms with van der Waals surface area (Å²) < 4.78 is 82.3. The van der Waals surface area contributed by atoms with Gasteiger partial charge in [-0.15, -0.1) is 26.3 Å². The maximum atomic E-state index is 12.5. The molecule has 0 aliphatic heterocycles. The van der Waals surface area contributed by atoms with E-state index in [1.54, 1.807) is 18.2 Å². The highest BCUT2D eigenvalue weighted by molar-refractivity contribution is 5.34. The van der Waals surface area contributed by atoms with E-state index in [1.165, 1.54) is 30.3 Å². The first kappa shape index (κ1) is 23.9. The van der Waals surface area contributed by atoms with E-state index in [1.807, 2.05) is 27.7 Å². The monoisotopic (exact) mass is 434 g/mol. The van der Waals surface area contributed by atoms with Crippen molar-refractivity contribution in [3.05, 3.63) is 59.7 Å². The predicted molar refractivity (Wildman–Crippen MR) is 102 cm³/mol. The van der Waals surface area contributed by atoms with E-state index in [4.69, 9.17) is 0 Å². The van der Waals surface area contributed by atoms with Gasteiger partial charge in [-0.1, -0.05) is 52.0 Å². The first-order chi connectivity index (χ1) is 13.6. The standard InChI is InChI=1S/C22H24F6O2/c1-19(2,15-8-10-17(11-9-15)29-21(23,24)25)12-13-20(3,4)16-6-5-7-18(14-16)30-22(26,27)28/h5-11,14H,12-13H2,1-4H3. The van der Waals surface area contributed by atoms with Gasteiger partial charge >= 0.3 is 12.7 Å². The minimum Gasteiger partial charge on any atom is -0.406 e. The SMILES string of the molecule is CC(C)(CCC(C)(C)c1cccc(OC(F)(F)F)c1)c1ccc(OC(F)(F)F)cc1. The van der Waals surface area contributed by atoms with Crippen LogP contribution in [0, 0.1) is 0 Å². The zero-order valence-electron chi connectivity index (χ0n) is 17.1. The molecule has 166 valence electrons. The second-order valence-electron chi connectivity index (χ2n) is 8.42. The smallest absolute Gasteiger partial charge is 0.406 e. The van der Waals surface area contributed by atoms with Gasteiger partial charge < -0.3 is 9.47 Å². The molecule has 8 heteroatoms. The van der Waals surface area contributed by atoms with Crippen molar-refractivity contribution >= 4 is 0 Å². The van der Waals surface area contributed by atoms with Crippen LogP contribution in [0.5, 0.6) is 11.5 Å². The summed E-state index contributed by atoms with van der Waals surface area (Å²) in [6, 6.07) is 11.6. The minimum absolute atomic E-state index is 0.271. The fourth-order valence-electron chi connectivity index (χ4n) is 3.14. The number of ether oxygens (including phenoxy) is 2. The molecule has 2 aromatic rings. The van der Waals surface area contributed by atoms with Gasteiger partial charge in [-0.2, -0.15) is 0 Å². The Hall–Kier alpha value is -2.38. The lowest BCUT2D eigenvalue weighted by molar-refractivity contribution is -0.275. The van der Waals surface area contributed by atoms with Crippen LogP contribution in [0.4, 0.5) is 26.3 Å². The van der Waals surface area contributed by atoms with Crippen molar-refractivity contribution in [2.75, 3.05) is 0 Å². The average Bonchev–Trinajstić information content (AvgIpc) is 2.58. The number of hydrogen-bond donors (Lipinski definition) is 0.